The Morgan fingerprint density at radius 2 is 2.12 bits per heavy atom. The number of aryl methyl sites for hydroxylation is 1. The second-order valence-corrected chi connectivity index (χ2v) is 3.75. The quantitative estimate of drug-likeness (QED) is 0.442. The van der Waals surface area contributed by atoms with Crippen molar-refractivity contribution in [3.05, 3.63) is 17.5 Å². The minimum atomic E-state index is -0.825. The maximum atomic E-state index is 11.7. The van der Waals surface area contributed by atoms with E-state index in [2.05, 4.69) is 9.84 Å². The molecule has 0 amide bonds. The third kappa shape index (κ3) is 2.48. The van der Waals surface area contributed by atoms with Gasteiger partial charge in [0.25, 0.3) is 5.78 Å². The summed E-state index contributed by atoms with van der Waals surface area (Å²) in [5.41, 5.74) is 0.860. The first-order chi connectivity index (χ1) is 7.47. The fourth-order valence-electron chi connectivity index (χ4n) is 1.28. The number of nitrogens with zero attached hydrogens (tertiary/aromatic N) is 2. The molecule has 0 unspecified atom stereocenters. The highest BCUT2D eigenvalue weighted by atomic mass is 16.5. The van der Waals surface area contributed by atoms with Crippen molar-refractivity contribution in [2.24, 2.45) is 0 Å². The zero-order valence-corrected chi connectivity index (χ0v) is 9.98. The van der Waals surface area contributed by atoms with Crippen molar-refractivity contribution in [2.45, 2.75) is 33.7 Å². The SMILES string of the molecule is CCOC(=O)C(=O)c1cn(C(C)C)nc1C. The molecule has 0 saturated heterocycles. The third-order valence-corrected chi connectivity index (χ3v) is 2.15. The summed E-state index contributed by atoms with van der Waals surface area (Å²) in [6, 6.07) is 0.155. The lowest BCUT2D eigenvalue weighted by Gasteiger charge is -2.02. The number of ketones is 1. The number of aromatic nitrogens is 2. The van der Waals surface area contributed by atoms with Gasteiger partial charge in [-0.1, -0.05) is 0 Å². The molecule has 16 heavy (non-hydrogen) atoms. The van der Waals surface area contributed by atoms with E-state index in [9.17, 15) is 9.59 Å². The molecule has 5 heteroatoms. The lowest BCUT2D eigenvalue weighted by molar-refractivity contribution is -0.137. The summed E-state index contributed by atoms with van der Waals surface area (Å²) < 4.78 is 6.31. The highest BCUT2D eigenvalue weighted by Crippen LogP contribution is 2.11. The maximum Gasteiger partial charge on any atom is 0.379 e. The van der Waals surface area contributed by atoms with Crippen LogP contribution in [0.5, 0.6) is 0 Å². The van der Waals surface area contributed by atoms with Crippen LogP contribution in [0.4, 0.5) is 0 Å². The molecule has 0 N–H and O–H groups in total. The lowest BCUT2D eigenvalue weighted by Crippen LogP contribution is -2.17. The van der Waals surface area contributed by atoms with Gasteiger partial charge in [-0.25, -0.2) is 4.79 Å². The Bertz CT molecular complexity index is 407. The largest absolute Gasteiger partial charge is 0.460 e. The van der Waals surface area contributed by atoms with Crippen molar-refractivity contribution < 1.29 is 14.3 Å². The van der Waals surface area contributed by atoms with Crippen molar-refractivity contribution >= 4 is 11.8 Å². The summed E-state index contributed by atoms with van der Waals surface area (Å²) in [6.45, 7) is 7.46. The van der Waals surface area contributed by atoms with E-state index in [1.54, 1.807) is 24.7 Å². The van der Waals surface area contributed by atoms with E-state index in [0.717, 1.165) is 0 Å². The van der Waals surface area contributed by atoms with E-state index < -0.39 is 11.8 Å². The maximum absolute atomic E-state index is 11.7. The molecule has 0 aliphatic rings. The predicted octanol–water partition coefficient (Wildman–Crippen LogP) is 1.52. The van der Waals surface area contributed by atoms with Crippen molar-refractivity contribution in [2.75, 3.05) is 6.61 Å². The van der Waals surface area contributed by atoms with E-state index in [4.69, 9.17) is 0 Å². The topological polar surface area (TPSA) is 61.2 Å². The number of ether oxygens (including phenoxy) is 1. The first-order valence-electron chi connectivity index (χ1n) is 5.24. The van der Waals surface area contributed by atoms with Gasteiger partial charge in [0.15, 0.2) is 0 Å². The first-order valence-corrected chi connectivity index (χ1v) is 5.24. The summed E-state index contributed by atoms with van der Waals surface area (Å²) in [6.07, 6.45) is 1.58. The minimum absolute atomic E-state index is 0.155. The second kappa shape index (κ2) is 4.92. The average molecular weight is 224 g/mol. The molecule has 1 heterocycles. The Morgan fingerprint density at radius 1 is 1.50 bits per heavy atom. The van der Waals surface area contributed by atoms with Gasteiger partial charge in [0.2, 0.25) is 0 Å². The van der Waals surface area contributed by atoms with Crippen molar-refractivity contribution in [3.8, 4) is 0 Å². The molecule has 5 nitrogen and oxygen atoms in total. The number of hydrogen-bond donors (Lipinski definition) is 0. The number of rotatable bonds is 4. The first kappa shape index (κ1) is 12.4. The van der Waals surface area contributed by atoms with Gasteiger partial charge in [0.05, 0.1) is 17.9 Å². The van der Waals surface area contributed by atoms with Crippen LogP contribution >= 0.6 is 0 Å². The lowest BCUT2D eigenvalue weighted by atomic mass is 10.2. The molecule has 0 spiro atoms. The van der Waals surface area contributed by atoms with Crippen LogP contribution in [0.2, 0.25) is 0 Å². The van der Waals surface area contributed by atoms with E-state index in [-0.39, 0.29) is 12.6 Å². The van der Waals surface area contributed by atoms with Gasteiger partial charge in [-0.2, -0.15) is 5.10 Å². The van der Waals surface area contributed by atoms with Gasteiger partial charge in [-0.15, -0.1) is 0 Å². The molecule has 88 valence electrons. The van der Waals surface area contributed by atoms with Gasteiger partial charge in [-0.05, 0) is 27.7 Å². The molecule has 0 aliphatic heterocycles. The van der Waals surface area contributed by atoms with Gasteiger partial charge < -0.3 is 4.74 Å². The number of carbonyl (C=O) groups excluding carboxylic acids is 2. The van der Waals surface area contributed by atoms with Gasteiger partial charge >= 0.3 is 5.97 Å². The van der Waals surface area contributed by atoms with Crippen LogP contribution in [-0.4, -0.2) is 28.1 Å². The molecule has 0 bridgehead atoms. The van der Waals surface area contributed by atoms with Gasteiger partial charge in [0, 0.05) is 12.2 Å². The molecular formula is C11H16N2O3. The minimum Gasteiger partial charge on any atom is -0.460 e. The molecule has 0 fully saturated rings. The molecular weight excluding hydrogens is 208 g/mol. The monoisotopic (exact) mass is 224 g/mol. The van der Waals surface area contributed by atoms with E-state index >= 15 is 0 Å². The zero-order valence-electron chi connectivity index (χ0n) is 9.98. The Balaban J connectivity index is 2.95. The van der Waals surface area contributed by atoms with Crippen LogP contribution in [0, 0.1) is 6.92 Å². The highest BCUT2D eigenvalue weighted by molar-refractivity contribution is 6.40. The van der Waals surface area contributed by atoms with Crippen molar-refractivity contribution in [3.63, 3.8) is 0 Å². The van der Waals surface area contributed by atoms with Crippen LogP contribution in [0.1, 0.15) is 42.9 Å². The molecule has 1 aromatic rings. The van der Waals surface area contributed by atoms with Gasteiger partial charge in [0.1, 0.15) is 0 Å². The van der Waals surface area contributed by atoms with Crippen molar-refractivity contribution in [1.82, 2.24) is 9.78 Å². The normalized spacial score (nSPS) is 10.6. The standard InChI is InChI=1S/C11H16N2O3/c1-5-16-11(15)10(14)9-6-13(7(2)3)12-8(9)4/h6-7H,5H2,1-4H3. The molecule has 0 aromatic carbocycles. The zero-order chi connectivity index (χ0) is 12.3. The Hall–Kier alpha value is -1.65. The number of carbonyl (C=O) groups is 2. The molecule has 0 atom stereocenters. The van der Waals surface area contributed by atoms with Crippen LogP contribution in [0.15, 0.2) is 6.20 Å². The van der Waals surface area contributed by atoms with Crippen LogP contribution in [-0.2, 0) is 9.53 Å². The third-order valence-electron chi connectivity index (χ3n) is 2.15. The van der Waals surface area contributed by atoms with E-state index in [1.807, 2.05) is 13.8 Å². The van der Waals surface area contributed by atoms with E-state index in [0.29, 0.717) is 11.3 Å². The van der Waals surface area contributed by atoms with Gasteiger partial charge in [-0.3, -0.25) is 9.48 Å². The fraction of sp³-hybridized carbons (Fsp3) is 0.545. The Labute approximate surface area is 94.4 Å². The average Bonchev–Trinajstić information content (AvgIpc) is 2.60. The summed E-state index contributed by atoms with van der Waals surface area (Å²) in [4.78, 5) is 22.9. The Morgan fingerprint density at radius 3 is 2.56 bits per heavy atom. The molecule has 1 aromatic heterocycles. The fourth-order valence-corrected chi connectivity index (χ4v) is 1.28. The molecule has 0 saturated carbocycles. The number of hydrogen-bond acceptors (Lipinski definition) is 4. The number of esters is 1. The predicted molar refractivity (Wildman–Crippen MR) is 58.3 cm³/mol. The molecule has 0 aliphatic carbocycles. The summed E-state index contributed by atoms with van der Waals surface area (Å²) >= 11 is 0. The molecule has 1 rings (SSSR count). The highest BCUT2D eigenvalue weighted by Gasteiger charge is 2.22. The van der Waals surface area contributed by atoms with Crippen LogP contribution in [0.3, 0.4) is 0 Å². The van der Waals surface area contributed by atoms with Crippen molar-refractivity contribution in [1.29, 1.82) is 0 Å². The van der Waals surface area contributed by atoms with E-state index in [1.165, 1.54) is 0 Å². The summed E-state index contributed by atoms with van der Waals surface area (Å²) in [5.74, 6) is -1.46. The summed E-state index contributed by atoms with van der Waals surface area (Å²) in [7, 11) is 0. The molecule has 0 radical (unpaired) electrons. The Kier molecular flexibility index (Phi) is 3.82. The van der Waals surface area contributed by atoms with Crippen LogP contribution < -0.4 is 0 Å². The van der Waals surface area contributed by atoms with Crippen LogP contribution in [0.25, 0.3) is 0 Å². The second-order valence-electron chi connectivity index (χ2n) is 3.75. The number of Topliss-reactive ketones (excluding diaryl/α,β-unsaturated/α-hetero) is 1. The smallest absolute Gasteiger partial charge is 0.379 e. The summed E-state index contributed by atoms with van der Waals surface area (Å²) in [5, 5.41) is 4.16.